The molecule has 76 valence electrons. The van der Waals surface area contributed by atoms with E-state index in [1.807, 2.05) is 0 Å². The Morgan fingerprint density at radius 1 is 0.867 bits per heavy atom. The summed E-state index contributed by atoms with van der Waals surface area (Å²) in [4.78, 5) is 0. The molecule has 15 heavy (non-hydrogen) atoms. The van der Waals surface area contributed by atoms with E-state index in [9.17, 15) is 8.78 Å². The fourth-order valence-electron chi connectivity index (χ4n) is 1.42. The molecule has 0 radical (unpaired) electrons. The van der Waals surface area contributed by atoms with Crippen LogP contribution < -0.4 is 5.73 Å². The van der Waals surface area contributed by atoms with Crippen molar-refractivity contribution in [2.75, 3.05) is 5.73 Å². The quantitative estimate of drug-likeness (QED) is 0.711. The maximum absolute atomic E-state index is 13.0. The first-order valence-corrected chi connectivity index (χ1v) is 4.48. The van der Waals surface area contributed by atoms with Crippen LogP contribution in [0.1, 0.15) is 0 Å². The highest BCUT2D eigenvalue weighted by Crippen LogP contribution is 2.26. The van der Waals surface area contributed by atoms with Crippen LogP contribution in [0.3, 0.4) is 0 Å². The maximum atomic E-state index is 13.0. The Kier molecular flexibility index (Phi) is 2.37. The summed E-state index contributed by atoms with van der Waals surface area (Å²) in [6.45, 7) is 0. The Bertz CT molecular complexity index is 495. The molecule has 3 heteroatoms. The third kappa shape index (κ3) is 1.81. The zero-order valence-electron chi connectivity index (χ0n) is 7.87. The van der Waals surface area contributed by atoms with Crippen molar-refractivity contribution in [3.8, 4) is 11.1 Å². The number of para-hydroxylation sites is 1. The lowest BCUT2D eigenvalue weighted by Crippen LogP contribution is -1.91. The van der Waals surface area contributed by atoms with Crippen LogP contribution >= 0.6 is 0 Å². The number of benzene rings is 2. The molecule has 0 aliphatic rings. The third-order valence-corrected chi connectivity index (χ3v) is 2.19. The van der Waals surface area contributed by atoms with E-state index in [0.29, 0.717) is 16.8 Å². The van der Waals surface area contributed by atoms with Crippen molar-refractivity contribution in [1.82, 2.24) is 0 Å². The van der Waals surface area contributed by atoms with Crippen LogP contribution in [0.15, 0.2) is 42.5 Å². The number of hydrogen-bond donors (Lipinski definition) is 1. The van der Waals surface area contributed by atoms with Gasteiger partial charge in [-0.05, 0) is 23.8 Å². The molecule has 2 aromatic rings. The molecule has 2 aromatic carbocycles. The summed E-state index contributed by atoms with van der Waals surface area (Å²) in [5, 5.41) is 0. The van der Waals surface area contributed by atoms with E-state index in [0.717, 1.165) is 12.1 Å². The Balaban J connectivity index is 2.55. The lowest BCUT2D eigenvalue weighted by molar-refractivity contribution is 0.509. The van der Waals surface area contributed by atoms with Crippen molar-refractivity contribution < 1.29 is 8.78 Å². The largest absolute Gasteiger partial charge is 0.398 e. The lowest BCUT2D eigenvalue weighted by Gasteiger charge is -2.05. The number of nitrogens with two attached hydrogens (primary N) is 1. The molecular weight excluding hydrogens is 196 g/mol. The highest BCUT2D eigenvalue weighted by molar-refractivity contribution is 5.75. The van der Waals surface area contributed by atoms with Gasteiger partial charge in [0, 0.05) is 11.3 Å². The van der Waals surface area contributed by atoms with Gasteiger partial charge in [0.15, 0.2) is 11.6 Å². The molecule has 2 N–H and O–H groups in total. The van der Waals surface area contributed by atoms with Crippen molar-refractivity contribution in [1.29, 1.82) is 0 Å². The summed E-state index contributed by atoms with van der Waals surface area (Å²) in [5.74, 6) is -1.72. The Labute approximate surface area is 86.2 Å². The van der Waals surface area contributed by atoms with Crippen LogP contribution in [0, 0.1) is 11.6 Å². The van der Waals surface area contributed by atoms with Gasteiger partial charge >= 0.3 is 0 Å². The van der Waals surface area contributed by atoms with Gasteiger partial charge < -0.3 is 5.73 Å². The minimum atomic E-state index is -0.865. The summed E-state index contributed by atoms with van der Waals surface area (Å²) in [5.41, 5.74) is 7.55. The molecule has 0 heterocycles. The van der Waals surface area contributed by atoms with E-state index in [1.165, 1.54) is 6.07 Å². The minimum absolute atomic E-state index is 0.545. The first-order valence-electron chi connectivity index (χ1n) is 4.48. The van der Waals surface area contributed by atoms with E-state index < -0.39 is 11.6 Å². The number of hydrogen-bond acceptors (Lipinski definition) is 1. The van der Waals surface area contributed by atoms with Gasteiger partial charge in [0.2, 0.25) is 0 Å². The second kappa shape index (κ2) is 3.69. The molecule has 0 aromatic heterocycles. The van der Waals surface area contributed by atoms with Crippen molar-refractivity contribution in [2.45, 2.75) is 0 Å². The van der Waals surface area contributed by atoms with Crippen LogP contribution in [0.2, 0.25) is 0 Å². The smallest absolute Gasteiger partial charge is 0.159 e. The monoisotopic (exact) mass is 205 g/mol. The van der Waals surface area contributed by atoms with Gasteiger partial charge in [-0.15, -0.1) is 0 Å². The van der Waals surface area contributed by atoms with E-state index in [4.69, 9.17) is 5.73 Å². The molecule has 0 unspecified atom stereocenters. The molecule has 0 saturated heterocycles. The average molecular weight is 205 g/mol. The molecule has 0 fully saturated rings. The molecule has 0 atom stereocenters. The molecule has 0 spiro atoms. The predicted octanol–water partition coefficient (Wildman–Crippen LogP) is 3.21. The van der Waals surface area contributed by atoms with Gasteiger partial charge in [0.25, 0.3) is 0 Å². The Morgan fingerprint density at radius 3 is 2.27 bits per heavy atom. The SMILES string of the molecule is Nc1ccccc1-c1ccc(F)c(F)c1. The summed E-state index contributed by atoms with van der Waals surface area (Å²) < 4.78 is 25.7. The molecular formula is C12H9F2N. The molecule has 0 amide bonds. The number of halogens is 2. The second-order valence-electron chi connectivity index (χ2n) is 3.22. The van der Waals surface area contributed by atoms with Gasteiger partial charge in [0.1, 0.15) is 0 Å². The highest BCUT2D eigenvalue weighted by Gasteiger charge is 2.06. The number of rotatable bonds is 1. The van der Waals surface area contributed by atoms with Crippen LogP contribution in [0.25, 0.3) is 11.1 Å². The van der Waals surface area contributed by atoms with Crippen LogP contribution in [0.4, 0.5) is 14.5 Å². The highest BCUT2D eigenvalue weighted by atomic mass is 19.2. The predicted molar refractivity (Wildman–Crippen MR) is 56.2 cm³/mol. The Morgan fingerprint density at radius 2 is 1.60 bits per heavy atom. The standard InChI is InChI=1S/C12H9F2N/c13-10-6-5-8(7-11(10)14)9-3-1-2-4-12(9)15/h1-7H,15H2. The molecule has 0 bridgehead atoms. The molecule has 0 saturated carbocycles. The second-order valence-corrected chi connectivity index (χ2v) is 3.22. The summed E-state index contributed by atoms with van der Waals surface area (Å²) in [7, 11) is 0. The van der Waals surface area contributed by atoms with E-state index >= 15 is 0 Å². The molecule has 1 nitrogen and oxygen atoms in total. The first kappa shape index (κ1) is 9.65. The first-order chi connectivity index (χ1) is 7.18. The van der Waals surface area contributed by atoms with E-state index in [-0.39, 0.29) is 0 Å². The van der Waals surface area contributed by atoms with Crippen molar-refractivity contribution in [2.24, 2.45) is 0 Å². The number of anilines is 1. The summed E-state index contributed by atoms with van der Waals surface area (Å²) in [6, 6.07) is 10.8. The van der Waals surface area contributed by atoms with Gasteiger partial charge in [0.05, 0.1) is 0 Å². The number of nitrogen functional groups attached to an aromatic ring is 1. The van der Waals surface area contributed by atoms with Crippen molar-refractivity contribution >= 4 is 5.69 Å². The van der Waals surface area contributed by atoms with Crippen molar-refractivity contribution in [3.63, 3.8) is 0 Å². The Hall–Kier alpha value is -1.90. The van der Waals surface area contributed by atoms with Gasteiger partial charge in [-0.1, -0.05) is 24.3 Å². The minimum Gasteiger partial charge on any atom is -0.398 e. The lowest BCUT2D eigenvalue weighted by atomic mass is 10.0. The van der Waals surface area contributed by atoms with Gasteiger partial charge in [-0.2, -0.15) is 0 Å². The maximum Gasteiger partial charge on any atom is 0.159 e. The van der Waals surface area contributed by atoms with Crippen LogP contribution in [0.5, 0.6) is 0 Å². The zero-order chi connectivity index (χ0) is 10.8. The normalized spacial score (nSPS) is 10.3. The molecule has 0 aliphatic carbocycles. The fraction of sp³-hybridized carbons (Fsp3) is 0. The third-order valence-electron chi connectivity index (χ3n) is 2.19. The molecule has 0 aliphatic heterocycles. The van der Waals surface area contributed by atoms with Gasteiger partial charge in [-0.25, -0.2) is 8.78 Å². The van der Waals surface area contributed by atoms with E-state index in [1.54, 1.807) is 24.3 Å². The fourth-order valence-corrected chi connectivity index (χ4v) is 1.42. The molecule has 2 rings (SSSR count). The summed E-state index contributed by atoms with van der Waals surface area (Å²) >= 11 is 0. The zero-order valence-corrected chi connectivity index (χ0v) is 7.87. The van der Waals surface area contributed by atoms with Gasteiger partial charge in [-0.3, -0.25) is 0 Å². The summed E-state index contributed by atoms with van der Waals surface area (Å²) in [6.07, 6.45) is 0. The van der Waals surface area contributed by atoms with Crippen molar-refractivity contribution in [3.05, 3.63) is 54.1 Å². The van der Waals surface area contributed by atoms with Crippen LogP contribution in [-0.2, 0) is 0 Å². The average Bonchev–Trinajstić information content (AvgIpc) is 2.23. The van der Waals surface area contributed by atoms with Crippen LogP contribution in [-0.4, -0.2) is 0 Å². The topological polar surface area (TPSA) is 26.0 Å². The van der Waals surface area contributed by atoms with E-state index in [2.05, 4.69) is 0 Å².